The third-order valence-electron chi connectivity index (χ3n) is 4.15. The minimum Gasteiger partial charge on any atom is -0.368 e. The molecular formula is C18H19ClN4O2. The standard InChI is InChI=1S/C18H19ClN4O2/c1-13(24)22-7-9-23(10-8-22)16-5-6-20-17(12-16)18(25)21-15-4-2-3-14(19)11-15/h2-6,11-12H,7-10H2,1H3,(H,21,25). The topological polar surface area (TPSA) is 65.5 Å². The van der Waals surface area contributed by atoms with E-state index in [2.05, 4.69) is 15.2 Å². The zero-order valence-corrected chi connectivity index (χ0v) is 14.7. The fourth-order valence-electron chi connectivity index (χ4n) is 2.78. The van der Waals surface area contributed by atoms with Gasteiger partial charge in [0.15, 0.2) is 0 Å². The Labute approximate surface area is 151 Å². The molecule has 0 spiro atoms. The summed E-state index contributed by atoms with van der Waals surface area (Å²) in [5.41, 5.74) is 1.89. The molecule has 6 nitrogen and oxygen atoms in total. The molecule has 2 heterocycles. The number of halogens is 1. The fraction of sp³-hybridized carbons (Fsp3) is 0.278. The van der Waals surface area contributed by atoms with Crippen LogP contribution in [-0.2, 0) is 4.79 Å². The molecule has 1 fully saturated rings. The van der Waals surface area contributed by atoms with Crippen LogP contribution in [0.15, 0.2) is 42.6 Å². The van der Waals surface area contributed by atoms with Gasteiger partial charge in [0.2, 0.25) is 5.91 Å². The summed E-state index contributed by atoms with van der Waals surface area (Å²) in [4.78, 5) is 32.0. The Morgan fingerprint density at radius 2 is 1.88 bits per heavy atom. The van der Waals surface area contributed by atoms with Crippen molar-refractivity contribution in [3.05, 3.63) is 53.3 Å². The van der Waals surface area contributed by atoms with Crippen LogP contribution in [0.4, 0.5) is 11.4 Å². The Bertz CT molecular complexity index is 788. The highest BCUT2D eigenvalue weighted by Crippen LogP contribution is 2.19. The first-order chi connectivity index (χ1) is 12.0. The van der Waals surface area contributed by atoms with E-state index in [1.54, 1.807) is 43.5 Å². The van der Waals surface area contributed by atoms with Gasteiger partial charge in [-0.1, -0.05) is 17.7 Å². The van der Waals surface area contributed by atoms with Crippen LogP contribution in [0.3, 0.4) is 0 Å². The normalized spacial score (nSPS) is 14.3. The van der Waals surface area contributed by atoms with Crippen molar-refractivity contribution in [2.75, 3.05) is 36.4 Å². The fourth-order valence-corrected chi connectivity index (χ4v) is 2.97. The van der Waals surface area contributed by atoms with Crippen molar-refractivity contribution in [3.8, 4) is 0 Å². The summed E-state index contributed by atoms with van der Waals surface area (Å²) in [6.45, 7) is 4.42. The first-order valence-electron chi connectivity index (χ1n) is 8.06. The molecule has 0 aliphatic carbocycles. The maximum atomic E-state index is 12.4. The van der Waals surface area contributed by atoms with Crippen molar-refractivity contribution < 1.29 is 9.59 Å². The summed E-state index contributed by atoms with van der Waals surface area (Å²) in [7, 11) is 0. The van der Waals surface area contributed by atoms with Gasteiger partial charge in [-0.05, 0) is 30.3 Å². The van der Waals surface area contributed by atoms with Crippen molar-refractivity contribution in [1.82, 2.24) is 9.88 Å². The molecule has 1 aliphatic heterocycles. The highest BCUT2D eigenvalue weighted by Gasteiger charge is 2.19. The highest BCUT2D eigenvalue weighted by molar-refractivity contribution is 6.30. The summed E-state index contributed by atoms with van der Waals surface area (Å²) in [6, 6.07) is 10.6. The summed E-state index contributed by atoms with van der Waals surface area (Å²) in [5.74, 6) is -0.192. The van der Waals surface area contributed by atoms with Crippen LogP contribution in [0.1, 0.15) is 17.4 Å². The van der Waals surface area contributed by atoms with Crippen molar-refractivity contribution in [2.24, 2.45) is 0 Å². The lowest BCUT2D eigenvalue weighted by Gasteiger charge is -2.35. The average Bonchev–Trinajstić information content (AvgIpc) is 2.62. The maximum Gasteiger partial charge on any atom is 0.274 e. The van der Waals surface area contributed by atoms with Gasteiger partial charge < -0.3 is 15.1 Å². The van der Waals surface area contributed by atoms with Crippen LogP contribution < -0.4 is 10.2 Å². The third kappa shape index (κ3) is 4.28. The summed E-state index contributed by atoms with van der Waals surface area (Å²) >= 11 is 5.93. The Balaban J connectivity index is 1.69. The van der Waals surface area contributed by atoms with Crippen LogP contribution in [0.2, 0.25) is 5.02 Å². The van der Waals surface area contributed by atoms with Crippen LogP contribution in [0, 0.1) is 0 Å². The number of carbonyl (C=O) groups is 2. The monoisotopic (exact) mass is 358 g/mol. The lowest BCUT2D eigenvalue weighted by atomic mass is 10.2. The van der Waals surface area contributed by atoms with E-state index in [4.69, 9.17) is 11.6 Å². The Hall–Kier alpha value is -2.60. The van der Waals surface area contributed by atoms with Gasteiger partial charge in [0.25, 0.3) is 5.91 Å². The lowest BCUT2D eigenvalue weighted by Crippen LogP contribution is -2.48. The Kier molecular flexibility index (Phi) is 5.19. The first-order valence-corrected chi connectivity index (χ1v) is 8.44. The van der Waals surface area contributed by atoms with Gasteiger partial charge in [-0.3, -0.25) is 14.6 Å². The second-order valence-corrected chi connectivity index (χ2v) is 6.29. The SMILES string of the molecule is CC(=O)N1CCN(c2ccnc(C(=O)Nc3cccc(Cl)c3)c2)CC1. The van der Waals surface area contributed by atoms with E-state index >= 15 is 0 Å². The smallest absolute Gasteiger partial charge is 0.274 e. The van der Waals surface area contributed by atoms with E-state index in [1.807, 2.05) is 11.0 Å². The molecule has 0 saturated carbocycles. The molecule has 1 saturated heterocycles. The lowest BCUT2D eigenvalue weighted by molar-refractivity contribution is -0.129. The second kappa shape index (κ2) is 7.53. The molecule has 130 valence electrons. The number of carbonyl (C=O) groups excluding carboxylic acids is 2. The molecule has 0 radical (unpaired) electrons. The molecular weight excluding hydrogens is 340 g/mol. The maximum absolute atomic E-state index is 12.4. The number of hydrogen-bond acceptors (Lipinski definition) is 4. The number of nitrogens with zero attached hydrogens (tertiary/aromatic N) is 3. The van der Waals surface area contributed by atoms with Gasteiger partial charge >= 0.3 is 0 Å². The molecule has 1 aromatic carbocycles. The van der Waals surface area contributed by atoms with Gasteiger partial charge in [0.1, 0.15) is 5.69 Å². The van der Waals surface area contributed by atoms with Crippen LogP contribution >= 0.6 is 11.6 Å². The van der Waals surface area contributed by atoms with Crippen LogP contribution in [0.25, 0.3) is 0 Å². The number of nitrogens with one attached hydrogen (secondary N) is 1. The molecule has 2 amide bonds. The van der Waals surface area contributed by atoms with Gasteiger partial charge in [-0.2, -0.15) is 0 Å². The van der Waals surface area contributed by atoms with Crippen molar-refractivity contribution in [1.29, 1.82) is 0 Å². The molecule has 3 rings (SSSR count). The molecule has 7 heteroatoms. The number of aromatic nitrogens is 1. The number of pyridine rings is 1. The highest BCUT2D eigenvalue weighted by atomic mass is 35.5. The first kappa shape index (κ1) is 17.2. The number of hydrogen-bond donors (Lipinski definition) is 1. The minimum absolute atomic E-state index is 0.0935. The van der Waals surface area contributed by atoms with E-state index in [0.717, 1.165) is 18.8 Å². The number of piperazine rings is 1. The summed E-state index contributed by atoms with van der Waals surface area (Å²) in [5, 5.41) is 3.35. The summed E-state index contributed by atoms with van der Waals surface area (Å²) in [6.07, 6.45) is 1.62. The molecule has 0 bridgehead atoms. The largest absolute Gasteiger partial charge is 0.368 e. The van der Waals surface area contributed by atoms with E-state index in [1.165, 1.54) is 0 Å². The predicted octanol–water partition coefficient (Wildman–Crippen LogP) is 2.66. The number of benzene rings is 1. The van der Waals surface area contributed by atoms with Gasteiger partial charge in [0.05, 0.1) is 0 Å². The molecule has 2 aromatic rings. The van der Waals surface area contributed by atoms with Crippen LogP contribution in [-0.4, -0.2) is 47.9 Å². The second-order valence-electron chi connectivity index (χ2n) is 5.86. The predicted molar refractivity (Wildman–Crippen MR) is 98.1 cm³/mol. The molecule has 1 N–H and O–H groups in total. The van der Waals surface area contributed by atoms with Crippen molar-refractivity contribution in [2.45, 2.75) is 6.92 Å². The van der Waals surface area contributed by atoms with E-state index in [-0.39, 0.29) is 11.8 Å². The number of anilines is 2. The summed E-state index contributed by atoms with van der Waals surface area (Å²) < 4.78 is 0. The molecule has 25 heavy (non-hydrogen) atoms. The van der Waals surface area contributed by atoms with E-state index < -0.39 is 0 Å². The van der Waals surface area contributed by atoms with Gasteiger partial charge in [-0.15, -0.1) is 0 Å². The zero-order chi connectivity index (χ0) is 17.8. The quantitative estimate of drug-likeness (QED) is 0.916. The number of rotatable bonds is 3. The molecule has 1 aliphatic rings. The van der Waals surface area contributed by atoms with Crippen LogP contribution in [0.5, 0.6) is 0 Å². The molecule has 1 aromatic heterocycles. The van der Waals surface area contributed by atoms with Crippen molar-refractivity contribution in [3.63, 3.8) is 0 Å². The molecule has 0 atom stereocenters. The Morgan fingerprint density at radius 1 is 1.12 bits per heavy atom. The zero-order valence-electron chi connectivity index (χ0n) is 13.9. The number of amides is 2. The average molecular weight is 359 g/mol. The van der Waals surface area contributed by atoms with Crippen molar-refractivity contribution >= 4 is 34.8 Å². The third-order valence-corrected chi connectivity index (χ3v) is 4.38. The van der Waals surface area contributed by atoms with E-state index in [0.29, 0.717) is 29.5 Å². The van der Waals surface area contributed by atoms with E-state index in [9.17, 15) is 9.59 Å². The minimum atomic E-state index is -0.286. The van der Waals surface area contributed by atoms with Gasteiger partial charge in [-0.25, -0.2) is 0 Å². The Morgan fingerprint density at radius 3 is 2.56 bits per heavy atom. The van der Waals surface area contributed by atoms with Gasteiger partial charge in [0, 0.05) is 55.7 Å². The molecule has 0 unspecified atom stereocenters.